The Balaban J connectivity index is 1.84. The van der Waals surface area contributed by atoms with E-state index in [4.69, 9.17) is 25.8 Å². The van der Waals surface area contributed by atoms with Gasteiger partial charge in [0.05, 0.1) is 20.3 Å². The summed E-state index contributed by atoms with van der Waals surface area (Å²) in [6, 6.07) is 12.2. The molecule has 0 heterocycles. The molecule has 0 saturated carbocycles. The molecule has 0 fully saturated rings. The number of ether oxygens (including phenoxy) is 3. The number of esters is 1. The average molecular weight is 404 g/mol. The smallest absolute Gasteiger partial charge is 0.331 e. The number of halogens is 1. The lowest BCUT2D eigenvalue weighted by Crippen LogP contribution is -2.30. The Hall–Kier alpha value is -2.99. The molecule has 0 aliphatic heterocycles. The highest BCUT2D eigenvalue weighted by molar-refractivity contribution is 6.30. The minimum absolute atomic E-state index is 0.257. The molecule has 0 unspecified atom stereocenters. The highest BCUT2D eigenvalue weighted by atomic mass is 35.5. The first-order valence-corrected chi connectivity index (χ1v) is 8.92. The molecule has 1 amide bonds. The van der Waals surface area contributed by atoms with Crippen LogP contribution in [0.15, 0.2) is 48.5 Å². The zero-order chi connectivity index (χ0) is 20.5. The third kappa shape index (κ3) is 6.32. The van der Waals surface area contributed by atoms with E-state index >= 15 is 0 Å². The van der Waals surface area contributed by atoms with Gasteiger partial charge in [0.2, 0.25) is 0 Å². The largest absolute Gasteiger partial charge is 0.493 e. The molecule has 6 nitrogen and oxygen atoms in total. The fraction of sp³-hybridized carbons (Fsp3) is 0.238. The van der Waals surface area contributed by atoms with Gasteiger partial charge >= 0.3 is 5.97 Å². The Labute approximate surface area is 169 Å². The Morgan fingerprint density at radius 1 is 1.11 bits per heavy atom. The lowest BCUT2D eigenvalue weighted by Gasteiger charge is -2.14. The van der Waals surface area contributed by atoms with Crippen LogP contribution in [0.4, 0.5) is 0 Å². The van der Waals surface area contributed by atoms with Gasteiger partial charge in [-0.05, 0) is 48.4 Å². The molecule has 2 aromatic rings. The van der Waals surface area contributed by atoms with Crippen LogP contribution in [0.5, 0.6) is 11.5 Å². The quantitative estimate of drug-likeness (QED) is 0.536. The van der Waals surface area contributed by atoms with E-state index in [-0.39, 0.29) is 12.6 Å². The molecule has 28 heavy (non-hydrogen) atoms. The lowest BCUT2D eigenvalue weighted by molar-refractivity contribution is -0.144. The van der Waals surface area contributed by atoms with Gasteiger partial charge in [-0.2, -0.15) is 0 Å². The van der Waals surface area contributed by atoms with Gasteiger partial charge in [-0.15, -0.1) is 0 Å². The maximum atomic E-state index is 12.0. The summed E-state index contributed by atoms with van der Waals surface area (Å²) in [5.74, 6) is 0.112. The number of hydrogen-bond acceptors (Lipinski definition) is 5. The van der Waals surface area contributed by atoms with Crippen LogP contribution in [-0.2, 0) is 14.3 Å². The summed E-state index contributed by atoms with van der Waals surface area (Å²) >= 11 is 5.94. The number of benzene rings is 2. The highest BCUT2D eigenvalue weighted by Gasteiger charge is 2.11. The first-order valence-electron chi connectivity index (χ1n) is 8.54. The summed E-state index contributed by atoms with van der Waals surface area (Å²) in [7, 11) is 3.08. The van der Waals surface area contributed by atoms with Crippen molar-refractivity contribution in [3.8, 4) is 11.5 Å². The predicted octanol–water partition coefficient (Wildman–Crippen LogP) is 3.79. The average Bonchev–Trinajstić information content (AvgIpc) is 2.70. The topological polar surface area (TPSA) is 73.9 Å². The first kappa shape index (κ1) is 21.3. The highest BCUT2D eigenvalue weighted by Crippen LogP contribution is 2.27. The second-order valence-electron chi connectivity index (χ2n) is 5.90. The third-order valence-electron chi connectivity index (χ3n) is 3.89. The van der Waals surface area contributed by atoms with Gasteiger partial charge in [0.25, 0.3) is 5.91 Å². The number of methoxy groups -OCH3 is 2. The lowest BCUT2D eigenvalue weighted by atomic mass is 10.1. The Bertz CT molecular complexity index is 866. The molecule has 0 radical (unpaired) electrons. The summed E-state index contributed by atoms with van der Waals surface area (Å²) in [6.45, 7) is 1.45. The van der Waals surface area contributed by atoms with Crippen molar-refractivity contribution < 1.29 is 23.8 Å². The van der Waals surface area contributed by atoms with E-state index in [0.717, 1.165) is 11.1 Å². The fourth-order valence-corrected chi connectivity index (χ4v) is 2.65. The van der Waals surface area contributed by atoms with Crippen molar-refractivity contribution in [1.29, 1.82) is 0 Å². The summed E-state index contributed by atoms with van der Waals surface area (Å²) in [4.78, 5) is 23.8. The van der Waals surface area contributed by atoms with Gasteiger partial charge in [-0.25, -0.2) is 4.79 Å². The zero-order valence-electron chi connectivity index (χ0n) is 15.9. The monoisotopic (exact) mass is 403 g/mol. The van der Waals surface area contributed by atoms with Crippen molar-refractivity contribution in [3.05, 3.63) is 64.7 Å². The van der Waals surface area contributed by atoms with E-state index in [9.17, 15) is 9.59 Å². The van der Waals surface area contributed by atoms with Crippen LogP contribution in [0.2, 0.25) is 5.02 Å². The van der Waals surface area contributed by atoms with Gasteiger partial charge < -0.3 is 19.5 Å². The molecule has 0 aliphatic carbocycles. The Morgan fingerprint density at radius 3 is 2.54 bits per heavy atom. The molecule has 0 aromatic heterocycles. The van der Waals surface area contributed by atoms with E-state index in [2.05, 4.69) is 5.32 Å². The van der Waals surface area contributed by atoms with Crippen LogP contribution >= 0.6 is 11.6 Å². The third-order valence-corrected chi connectivity index (χ3v) is 4.13. The molecular formula is C21H22ClNO5. The van der Waals surface area contributed by atoms with Crippen LogP contribution in [-0.4, -0.2) is 32.7 Å². The van der Waals surface area contributed by atoms with Crippen molar-refractivity contribution in [1.82, 2.24) is 5.32 Å². The molecule has 7 heteroatoms. The van der Waals surface area contributed by atoms with Crippen molar-refractivity contribution in [2.45, 2.75) is 13.0 Å². The van der Waals surface area contributed by atoms with Gasteiger partial charge in [0, 0.05) is 11.1 Å². The molecular weight excluding hydrogens is 382 g/mol. The summed E-state index contributed by atoms with van der Waals surface area (Å²) < 4.78 is 15.3. The molecule has 0 bridgehead atoms. The normalized spacial score (nSPS) is 11.7. The van der Waals surface area contributed by atoms with Gasteiger partial charge in [0.15, 0.2) is 18.1 Å². The SMILES string of the molecule is COc1ccc(/C=C/C(=O)OCC(=O)N[C@@H](C)c2cccc(Cl)c2)cc1OC. The summed E-state index contributed by atoms with van der Waals surface area (Å²) in [5, 5.41) is 3.34. The second kappa shape index (κ2) is 10.4. The summed E-state index contributed by atoms with van der Waals surface area (Å²) in [6.07, 6.45) is 2.81. The Kier molecular flexibility index (Phi) is 7.89. The predicted molar refractivity (Wildman–Crippen MR) is 108 cm³/mol. The number of rotatable bonds is 8. The number of nitrogens with one attached hydrogen (secondary N) is 1. The number of carbonyl (C=O) groups excluding carboxylic acids is 2. The maximum absolute atomic E-state index is 12.0. The van der Waals surface area contributed by atoms with E-state index in [0.29, 0.717) is 16.5 Å². The van der Waals surface area contributed by atoms with Gasteiger partial charge in [0.1, 0.15) is 0 Å². The zero-order valence-corrected chi connectivity index (χ0v) is 16.7. The molecule has 1 atom stereocenters. The number of hydrogen-bond donors (Lipinski definition) is 1. The second-order valence-corrected chi connectivity index (χ2v) is 6.34. The van der Waals surface area contributed by atoms with Crippen molar-refractivity contribution in [2.24, 2.45) is 0 Å². The molecule has 1 N–H and O–H groups in total. The van der Waals surface area contributed by atoms with Crippen LogP contribution in [0.3, 0.4) is 0 Å². The van der Waals surface area contributed by atoms with E-state index < -0.39 is 11.9 Å². The summed E-state index contributed by atoms with van der Waals surface area (Å²) in [5.41, 5.74) is 1.59. The molecule has 2 rings (SSSR count). The van der Waals surface area contributed by atoms with E-state index in [1.54, 1.807) is 49.6 Å². The van der Waals surface area contributed by atoms with E-state index in [1.807, 2.05) is 13.0 Å². The first-order chi connectivity index (χ1) is 13.4. The van der Waals surface area contributed by atoms with Crippen LogP contribution < -0.4 is 14.8 Å². The maximum Gasteiger partial charge on any atom is 0.331 e. The minimum Gasteiger partial charge on any atom is -0.493 e. The van der Waals surface area contributed by atoms with Crippen LogP contribution in [0, 0.1) is 0 Å². The van der Waals surface area contributed by atoms with Crippen molar-refractivity contribution in [3.63, 3.8) is 0 Å². The van der Waals surface area contributed by atoms with E-state index in [1.165, 1.54) is 13.2 Å². The van der Waals surface area contributed by atoms with Crippen molar-refractivity contribution >= 4 is 29.6 Å². The number of amides is 1. The van der Waals surface area contributed by atoms with Gasteiger partial charge in [-0.1, -0.05) is 29.8 Å². The van der Waals surface area contributed by atoms with Crippen LogP contribution in [0.1, 0.15) is 24.1 Å². The van der Waals surface area contributed by atoms with Gasteiger partial charge in [-0.3, -0.25) is 4.79 Å². The van der Waals surface area contributed by atoms with Crippen molar-refractivity contribution in [2.75, 3.05) is 20.8 Å². The molecule has 0 saturated heterocycles. The van der Waals surface area contributed by atoms with Crippen LogP contribution in [0.25, 0.3) is 6.08 Å². The Morgan fingerprint density at radius 2 is 1.86 bits per heavy atom. The fourth-order valence-electron chi connectivity index (χ4n) is 2.45. The molecule has 0 aliphatic rings. The number of carbonyl (C=O) groups is 2. The molecule has 2 aromatic carbocycles. The molecule has 0 spiro atoms. The minimum atomic E-state index is -0.625. The standard InChI is InChI=1S/C21H22ClNO5/c1-14(16-5-4-6-17(22)12-16)23-20(24)13-28-21(25)10-8-15-7-9-18(26-2)19(11-15)27-3/h4-12,14H,13H2,1-3H3,(H,23,24)/b10-8+/t14-/m0/s1. The molecule has 148 valence electrons.